The van der Waals surface area contributed by atoms with Gasteiger partial charge in [-0.3, -0.25) is 0 Å². The van der Waals surface area contributed by atoms with Crippen LogP contribution in [0.25, 0.3) is 5.70 Å². The van der Waals surface area contributed by atoms with Gasteiger partial charge in [-0.25, -0.2) is 9.07 Å². The summed E-state index contributed by atoms with van der Waals surface area (Å²) in [6, 6.07) is 11.9. The maximum absolute atomic E-state index is 14.4. The van der Waals surface area contributed by atoms with Crippen LogP contribution in [0.3, 0.4) is 0 Å². The molecule has 0 radical (unpaired) electrons. The predicted molar refractivity (Wildman–Crippen MR) is 95.3 cm³/mol. The zero-order valence-corrected chi connectivity index (χ0v) is 14.6. The largest absolute Gasteiger partial charge is 0.324 e. The van der Waals surface area contributed by atoms with Gasteiger partial charge in [0, 0.05) is 20.8 Å². The lowest BCUT2D eigenvalue weighted by atomic mass is 10.0. The molecule has 0 unspecified atom stereocenters. The Labute approximate surface area is 151 Å². The Morgan fingerprint density at radius 2 is 1.96 bits per heavy atom. The van der Waals surface area contributed by atoms with Crippen LogP contribution in [0.1, 0.15) is 17.2 Å². The van der Waals surface area contributed by atoms with E-state index in [1.807, 2.05) is 30.3 Å². The predicted octanol–water partition coefficient (Wildman–Crippen LogP) is 4.89. The standard InChI is InChI=1S/C17H11BrClFN4/c18-11-3-6-14(20)13(7-11)16-8-15(10-1-4-12(19)5-2-10)23-17-21-9-22-24(16)17/h1-9,16H,(H,21,22,23)/t16-/m0/s1. The van der Waals surface area contributed by atoms with Crippen LogP contribution in [0.15, 0.2) is 59.3 Å². The van der Waals surface area contributed by atoms with E-state index in [0.717, 1.165) is 15.7 Å². The number of nitrogens with one attached hydrogen (secondary N) is 1. The number of hydrogen-bond acceptors (Lipinski definition) is 3. The van der Waals surface area contributed by atoms with Gasteiger partial charge in [0.05, 0.1) is 0 Å². The van der Waals surface area contributed by atoms with E-state index in [2.05, 4.69) is 31.3 Å². The average Bonchev–Trinajstić information content (AvgIpc) is 3.05. The van der Waals surface area contributed by atoms with E-state index in [0.29, 0.717) is 16.5 Å². The van der Waals surface area contributed by atoms with E-state index in [4.69, 9.17) is 11.6 Å². The smallest absolute Gasteiger partial charge is 0.226 e. The summed E-state index contributed by atoms with van der Waals surface area (Å²) < 4.78 is 16.9. The minimum atomic E-state index is -0.396. The highest BCUT2D eigenvalue weighted by atomic mass is 79.9. The molecule has 7 heteroatoms. The molecular formula is C17H11BrClFN4. The van der Waals surface area contributed by atoms with Gasteiger partial charge >= 0.3 is 0 Å². The Balaban J connectivity index is 1.85. The van der Waals surface area contributed by atoms with Gasteiger partial charge in [-0.1, -0.05) is 39.7 Å². The van der Waals surface area contributed by atoms with Crippen LogP contribution in [0.4, 0.5) is 10.3 Å². The van der Waals surface area contributed by atoms with Crippen LogP contribution in [0.2, 0.25) is 5.02 Å². The van der Waals surface area contributed by atoms with Crippen molar-refractivity contribution < 1.29 is 4.39 Å². The van der Waals surface area contributed by atoms with Crippen molar-refractivity contribution >= 4 is 39.2 Å². The fraction of sp³-hybridized carbons (Fsp3) is 0.0588. The molecule has 0 aliphatic carbocycles. The third kappa shape index (κ3) is 2.72. The molecule has 120 valence electrons. The summed E-state index contributed by atoms with van der Waals surface area (Å²) in [6.07, 6.45) is 3.37. The zero-order chi connectivity index (χ0) is 16.7. The summed E-state index contributed by atoms with van der Waals surface area (Å²) >= 11 is 9.35. The summed E-state index contributed by atoms with van der Waals surface area (Å²) in [5, 5.41) is 8.10. The van der Waals surface area contributed by atoms with Gasteiger partial charge in [-0.05, 0) is 42.0 Å². The van der Waals surface area contributed by atoms with E-state index in [-0.39, 0.29) is 5.82 Å². The maximum Gasteiger partial charge on any atom is 0.226 e. The summed E-state index contributed by atoms with van der Waals surface area (Å²) in [5.41, 5.74) is 2.29. The van der Waals surface area contributed by atoms with Crippen LogP contribution in [-0.4, -0.2) is 14.8 Å². The van der Waals surface area contributed by atoms with Crippen molar-refractivity contribution in [2.24, 2.45) is 0 Å². The first-order valence-corrected chi connectivity index (χ1v) is 8.38. The van der Waals surface area contributed by atoms with E-state index in [1.54, 1.807) is 16.8 Å². The summed E-state index contributed by atoms with van der Waals surface area (Å²) in [6.45, 7) is 0. The number of benzene rings is 2. The fourth-order valence-electron chi connectivity index (χ4n) is 2.69. The number of rotatable bonds is 2. The average molecular weight is 406 g/mol. The van der Waals surface area contributed by atoms with Crippen molar-refractivity contribution in [1.29, 1.82) is 0 Å². The zero-order valence-electron chi connectivity index (χ0n) is 12.2. The third-order valence-electron chi connectivity index (χ3n) is 3.84. The van der Waals surface area contributed by atoms with Crippen LogP contribution < -0.4 is 5.32 Å². The van der Waals surface area contributed by atoms with Crippen LogP contribution >= 0.6 is 27.5 Å². The number of allylic oxidation sites excluding steroid dienone is 1. The first-order valence-electron chi connectivity index (χ1n) is 7.21. The number of aromatic nitrogens is 3. The van der Waals surface area contributed by atoms with E-state index in [1.165, 1.54) is 12.4 Å². The van der Waals surface area contributed by atoms with Gasteiger partial charge < -0.3 is 5.32 Å². The molecule has 3 aromatic rings. The molecule has 0 bridgehead atoms. The highest BCUT2D eigenvalue weighted by Gasteiger charge is 2.25. The first kappa shape index (κ1) is 15.4. The Kier molecular flexibility index (Phi) is 3.86. The van der Waals surface area contributed by atoms with E-state index >= 15 is 0 Å². The monoisotopic (exact) mass is 404 g/mol. The normalized spacial score (nSPS) is 16.3. The Bertz CT molecular complexity index is 936. The summed E-state index contributed by atoms with van der Waals surface area (Å²) in [5.74, 6) is 0.269. The second-order valence-corrected chi connectivity index (χ2v) is 6.70. The van der Waals surface area contributed by atoms with Crippen molar-refractivity contribution in [2.45, 2.75) is 6.04 Å². The number of fused-ring (bicyclic) bond motifs is 1. The van der Waals surface area contributed by atoms with Gasteiger partial charge in [-0.15, -0.1) is 0 Å². The molecule has 4 rings (SSSR count). The first-order chi connectivity index (χ1) is 11.6. The Hall–Kier alpha value is -2.18. The Morgan fingerprint density at radius 1 is 1.17 bits per heavy atom. The molecule has 24 heavy (non-hydrogen) atoms. The highest BCUT2D eigenvalue weighted by Crippen LogP contribution is 2.34. The van der Waals surface area contributed by atoms with Crippen molar-refractivity contribution in [3.63, 3.8) is 0 Å². The van der Waals surface area contributed by atoms with Crippen molar-refractivity contribution in [3.8, 4) is 0 Å². The van der Waals surface area contributed by atoms with Gasteiger partial charge in [0.25, 0.3) is 0 Å². The summed E-state index contributed by atoms with van der Waals surface area (Å²) in [7, 11) is 0. The molecule has 2 heterocycles. The van der Waals surface area contributed by atoms with Crippen molar-refractivity contribution in [3.05, 3.63) is 81.3 Å². The SMILES string of the molecule is Fc1ccc(Br)cc1[C@@H]1C=C(c2ccc(Cl)cc2)Nc2ncnn21. The van der Waals surface area contributed by atoms with Crippen LogP contribution in [-0.2, 0) is 0 Å². The third-order valence-corrected chi connectivity index (χ3v) is 4.58. The lowest BCUT2D eigenvalue weighted by Crippen LogP contribution is -2.21. The molecule has 0 amide bonds. The second kappa shape index (κ2) is 6.03. The number of anilines is 1. The minimum absolute atomic E-state index is 0.293. The quantitative estimate of drug-likeness (QED) is 0.660. The van der Waals surface area contributed by atoms with Gasteiger partial charge in [0.2, 0.25) is 5.95 Å². The van der Waals surface area contributed by atoms with Crippen molar-refractivity contribution in [2.75, 3.05) is 5.32 Å². The highest BCUT2D eigenvalue weighted by molar-refractivity contribution is 9.10. The molecule has 2 aromatic carbocycles. The molecule has 1 aliphatic rings. The second-order valence-electron chi connectivity index (χ2n) is 5.35. The maximum atomic E-state index is 14.4. The molecule has 0 saturated heterocycles. The van der Waals surface area contributed by atoms with Crippen LogP contribution in [0, 0.1) is 5.82 Å². The lowest BCUT2D eigenvalue weighted by molar-refractivity contribution is 0.551. The van der Waals surface area contributed by atoms with Gasteiger partial charge in [0.15, 0.2) is 0 Å². The number of nitrogens with zero attached hydrogens (tertiary/aromatic N) is 3. The fourth-order valence-corrected chi connectivity index (χ4v) is 3.20. The topological polar surface area (TPSA) is 42.7 Å². The summed E-state index contributed by atoms with van der Waals surface area (Å²) in [4.78, 5) is 4.22. The van der Waals surface area contributed by atoms with Crippen molar-refractivity contribution in [1.82, 2.24) is 14.8 Å². The molecule has 4 nitrogen and oxygen atoms in total. The number of hydrogen-bond donors (Lipinski definition) is 1. The molecule has 1 aliphatic heterocycles. The van der Waals surface area contributed by atoms with Gasteiger partial charge in [-0.2, -0.15) is 10.1 Å². The molecule has 1 N–H and O–H groups in total. The molecule has 0 saturated carbocycles. The van der Waals surface area contributed by atoms with E-state index in [9.17, 15) is 4.39 Å². The van der Waals surface area contributed by atoms with E-state index < -0.39 is 6.04 Å². The molecule has 1 aromatic heterocycles. The molecule has 0 spiro atoms. The molecule has 0 fully saturated rings. The lowest BCUT2D eigenvalue weighted by Gasteiger charge is -2.24. The Morgan fingerprint density at radius 3 is 2.75 bits per heavy atom. The molecular weight excluding hydrogens is 395 g/mol. The number of halogens is 3. The molecule has 1 atom stereocenters. The minimum Gasteiger partial charge on any atom is -0.324 e. The van der Waals surface area contributed by atoms with Gasteiger partial charge in [0.1, 0.15) is 18.2 Å². The van der Waals surface area contributed by atoms with Crippen LogP contribution in [0.5, 0.6) is 0 Å².